The molecule has 1 saturated carbocycles. The maximum Gasteiger partial charge on any atom is 0.259 e. The van der Waals surface area contributed by atoms with E-state index in [9.17, 15) is 4.79 Å². The lowest BCUT2D eigenvalue weighted by Gasteiger charge is -2.42. The van der Waals surface area contributed by atoms with Crippen molar-refractivity contribution in [3.63, 3.8) is 0 Å². The summed E-state index contributed by atoms with van der Waals surface area (Å²) >= 11 is 0. The number of guanidine groups is 1. The molecule has 0 bridgehead atoms. The van der Waals surface area contributed by atoms with Crippen LogP contribution in [0.15, 0.2) is 29.3 Å². The van der Waals surface area contributed by atoms with E-state index in [0.717, 1.165) is 37.6 Å². The van der Waals surface area contributed by atoms with Gasteiger partial charge in [0.2, 0.25) is 0 Å². The number of hydrogen-bond acceptors (Lipinski definition) is 4. The van der Waals surface area contributed by atoms with E-state index in [1.165, 1.54) is 24.2 Å². The monoisotopic (exact) mass is 404 g/mol. The van der Waals surface area contributed by atoms with Crippen LogP contribution in [-0.2, 0) is 16.1 Å². The standard InChI is InChI=1S/C22H36N4O3/c1-5-23-21(25-17-22(10-7-11-22)12-13-28-4)24-15-18-8-6-9-19(14-18)29-16-20(27)26(2)3/h6,8-9,14H,5,7,10-13,15-17H2,1-4H3,(H2,23,24,25). The average molecular weight is 405 g/mol. The van der Waals surface area contributed by atoms with Crippen LogP contribution in [0, 0.1) is 5.41 Å². The number of carbonyl (C=O) groups is 1. The van der Waals surface area contributed by atoms with Gasteiger partial charge in [-0.2, -0.15) is 0 Å². The molecule has 0 heterocycles. The van der Waals surface area contributed by atoms with Gasteiger partial charge in [0.25, 0.3) is 5.91 Å². The van der Waals surface area contributed by atoms with Crippen molar-refractivity contribution in [3.05, 3.63) is 29.8 Å². The van der Waals surface area contributed by atoms with Crippen LogP contribution in [0.5, 0.6) is 5.75 Å². The van der Waals surface area contributed by atoms with Crippen molar-refractivity contribution < 1.29 is 14.3 Å². The topological polar surface area (TPSA) is 75.2 Å². The number of benzene rings is 1. The molecule has 7 nitrogen and oxygen atoms in total. The number of aliphatic imine (C=N–C) groups is 1. The minimum absolute atomic E-state index is 0.0352. The second kappa shape index (κ2) is 11.7. The highest BCUT2D eigenvalue weighted by Gasteiger charge is 2.36. The SMILES string of the molecule is CCNC(=NCc1cccc(OCC(=O)N(C)C)c1)NCC1(CCOC)CCC1. The van der Waals surface area contributed by atoms with Crippen molar-refractivity contribution in [3.8, 4) is 5.75 Å². The molecule has 0 aliphatic heterocycles. The molecule has 0 saturated heterocycles. The molecule has 29 heavy (non-hydrogen) atoms. The first kappa shape index (κ1) is 23.0. The van der Waals surface area contributed by atoms with Crippen molar-refractivity contribution in [1.29, 1.82) is 0 Å². The van der Waals surface area contributed by atoms with Gasteiger partial charge in [0.15, 0.2) is 12.6 Å². The van der Waals surface area contributed by atoms with Crippen LogP contribution in [0.2, 0.25) is 0 Å². The fourth-order valence-corrected chi connectivity index (χ4v) is 3.30. The van der Waals surface area contributed by atoms with Gasteiger partial charge in [-0.05, 0) is 49.3 Å². The van der Waals surface area contributed by atoms with E-state index in [-0.39, 0.29) is 12.5 Å². The number of rotatable bonds is 11. The van der Waals surface area contributed by atoms with Crippen LogP contribution < -0.4 is 15.4 Å². The summed E-state index contributed by atoms with van der Waals surface area (Å²) in [6.45, 7) is 5.17. The Morgan fingerprint density at radius 2 is 2.07 bits per heavy atom. The summed E-state index contributed by atoms with van der Waals surface area (Å²) < 4.78 is 10.9. The molecule has 162 valence electrons. The molecule has 7 heteroatoms. The number of ether oxygens (including phenoxy) is 2. The molecule has 0 spiro atoms. The third kappa shape index (κ3) is 7.57. The molecular weight excluding hydrogens is 368 g/mol. The summed E-state index contributed by atoms with van der Waals surface area (Å²) in [4.78, 5) is 17.9. The normalized spacial score (nSPS) is 15.4. The van der Waals surface area contributed by atoms with E-state index in [4.69, 9.17) is 14.5 Å². The lowest BCUT2D eigenvalue weighted by Crippen LogP contribution is -2.46. The van der Waals surface area contributed by atoms with Crippen molar-refractivity contribution in [1.82, 2.24) is 15.5 Å². The predicted octanol–water partition coefficient (Wildman–Crippen LogP) is 2.42. The largest absolute Gasteiger partial charge is 0.484 e. The Kier molecular flexibility index (Phi) is 9.25. The Balaban J connectivity index is 1.92. The molecule has 0 radical (unpaired) electrons. The molecule has 1 aromatic carbocycles. The summed E-state index contributed by atoms with van der Waals surface area (Å²) in [5, 5.41) is 6.83. The van der Waals surface area contributed by atoms with Gasteiger partial charge in [-0.25, -0.2) is 4.99 Å². The van der Waals surface area contributed by atoms with E-state index in [1.54, 1.807) is 21.2 Å². The molecule has 1 aliphatic rings. The first-order valence-electron chi connectivity index (χ1n) is 10.4. The molecule has 2 N–H and O–H groups in total. The second-order valence-corrected chi connectivity index (χ2v) is 7.87. The second-order valence-electron chi connectivity index (χ2n) is 7.87. The van der Waals surface area contributed by atoms with E-state index < -0.39 is 0 Å². The van der Waals surface area contributed by atoms with Crippen LogP contribution in [0.1, 0.15) is 38.2 Å². The molecule has 2 rings (SSSR count). The summed E-state index contributed by atoms with van der Waals surface area (Å²) in [5.74, 6) is 1.44. The number of hydrogen-bond donors (Lipinski definition) is 2. The Bertz CT molecular complexity index is 672. The zero-order valence-corrected chi connectivity index (χ0v) is 18.3. The highest BCUT2D eigenvalue weighted by Crippen LogP contribution is 2.43. The Labute approximate surface area is 174 Å². The number of nitrogens with zero attached hydrogens (tertiary/aromatic N) is 2. The van der Waals surface area contributed by atoms with Crippen molar-refractivity contribution in [2.24, 2.45) is 10.4 Å². The van der Waals surface area contributed by atoms with Crippen molar-refractivity contribution >= 4 is 11.9 Å². The molecular formula is C22H36N4O3. The molecule has 0 unspecified atom stereocenters. The van der Waals surface area contributed by atoms with Gasteiger partial charge in [-0.15, -0.1) is 0 Å². The Morgan fingerprint density at radius 3 is 2.69 bits per heavy atom. The molecule has 0 aromatic heterocycles. The fraction of sp³-hybridized carbons (Fsp3) is 0.636. The van der Waals surface area contributed by atoms with Gasteiger partial charge < -0.3 is 25.0 Å². The predicted molar refractivity (Wildman–Crippen MR) is 116 cm³/mol. The van der Waals surface area contributed by atoms with Crippen LogP contribution in [0.25, 0.3) is 0 Å². The van der Waals surface area contributed by atoms with E-state index >= 15 is 0 Å². The quantitative estimate of drug-likeness (QED) is 0.438. The van der Waals surface area contributed by atoms with Gasteiger partial charge in [0, 0.05) is 40.9 Å². The number of amides is 1. The van der Waals surface area contributed by atoms with Gasteiger partial charge in [-0.3, -0.25) is 4.79 Å². The van der Waals surface area contributed by atoms with Crippen LogP contribution >= 0.6 is 0 Å². The minimum atomic E-state index is -0.0644. The van der Waals surface area contributed by atoms with E-state index in [2.05, 4.69) is 17.6 Å². The summed E-state index contributed by atoms with van der Waals surface area (Å²) in [6, 6.07) is 7.73. The average Bonchev–Trinajstić information content (AvgIpc) is 2.69. The Hall–Kier alpha value is -2.28. The molecule has 1 aliphatic carbocycles. The number of carbonyl (C=O) groups excluding carboxylic acids is 1. The fourth-order valence-electron chi connectivity index (χ4n) is 3.30. The molecule has 0 atom stereocenters. The van der Waals surface area contributed by atoms with Gasteiger partial charge in [0.1, 0.15) is 5.75 Å². The third-order valence-corrected chi connectivity index (χ3v) is 5.41. The number of likely N-dealkylation sites (N-methyl/N-ethyl adjacent to an activating group) is 1. The summed E-state index contributed by atoms with van der Waals surface area (Å²) in [5.41, 5.74) is 1.37. The maximum atomic E-state index is 11.7. The third-order valence-electron chi connectivity index (χ3n) is 5.41. The molecule has 1 fully saturated rings. The van der Waals surface area contributed by atoms with Crippen molar-refractivity contribution in [2.75, 3.05) is 47.5 Å². The first-order valence-corrected chi connectivity index (χ1v) is 10.4. The van der Waals surface area contributed by atoms with Gasteiger partial charge >= 0.3 is 0 Å². The van der Waals surface area contributed by atoms with Gasteiger partial charge in [0.05, 0.1) is 6.54 Å². The first-order chi connectivity index (χ1) is 14.0. The zero-order valence-electron chi connectivity index (χ0n) is 18.3. The minimum Gasteiger partial charge on any atom is -0.484 e. The van der Waals surface area contributed by atoms with E-state index in [1.807, 2.05) is 24.3 Å². The maximum absolute atomic E-state index is 11.7. The summed E-state index contributed by atoms with van der Waals surface area (Å²) in [7, 11) is 5.20. The van der Waals surface area contributed by atoms with Crippen molar-refractivity contribution in [2.45, 2.75) is 39.2 Å². The number of methoxy groups -OCH3 is 1. The molecule has 1 aromatic rings. The lowest BCUT2D eigenvalue weighted by molar-refractivity contribution is -0.130. The lowest BCUT2D eigenvalue weighted by atomic mass is 9.67. The van der Waals surface area contributed by atoms with E-state index in [0.29, 0.717) is 17.7 Å². The van der Waals surface area contributed by atoms with Gasteiger partial charge in [-0.1, -0.05) is 18.6 Å². The summed E-state index contributed by atoms with van der Waals surface area (Å²) in [6.07, 6.45) is 4.87. The highest BCUT2D eigenvalue weighted by molar-refractivity contribution is 5.79. The zero-order chi connectivity index (χ0) is 21.1. The van der Waals surface area contributed by atoms with Crippen LogP contribution in [0.3, 0.4) is 0 Å². The smallest absolute Gasteiger partial charge is 0.259 e. The van der Waals surface area contributed by atoms with Crippen LogP contribution in [-0.4, -0.2) is 64.3 Å². The highest BCUT2D eigenvalue weighted by atomic mass is 16.5. The van der Waals surface area contributed by atoms with Crippen LogP contribution in [0.4, 0.5) is 0 Å². The number of nitrogens with one attached hydrogen (secondary N) is 2. The molecule has 1 amide bonds. The Morgan fingerprint density at radius 1 is 1.28 bits per heavy atom.